The first-order valence-corrected chi connectivity index (χ1v) is 5.37. The van der Waals surface area contributed by atoms with Crippen molar-refractivity contribution in [3.05, 3.63) is 0 Å². The third-order valence-electron chi connectivity index (χ3n) is 1.69. The van der Waals surface area contributed by atoms with Gasteiger partial charge in [-0.15, -0.1) is 0 Å². The van der Waals surface area contributed by atoms with Gasteiger partial charge in [0, 0.05) is 19.1 Å². The highest BCUT2D eigenvalue weighted by molar-refractivity contribution is 7.89. The summed E-state index contributed by atoms with van der Waals surface area (Å²) in [6, 6.07) is -0.0668. The molecule has 0 aromatic heterocycles. The van der Waals surface area contributed by atoms with Gasteiger partial charge in [-0.1, -0.05) is 0 Å². The minimum atomic E-state index is -2.93. The van der Waals surface area contributed by atoms with Gasteiger partial charge in [-0.2, -0.15) is 0 Å². The quantitative estimate of drug-likeness (QED) is 0.612. The van der Waals surface area contributed by atoms with Crippen LogP contribution >= 0.6 is 0 Å². The number of rotatable bonds is 2. The van der Waals surface area contributed by atoms with E-state index in [-0.39, 0.29) is 6.04 Å². The molecule has 0 radical (unpaired) electrons. The van der Waals surface area contributed by atoms with E-state index in [2.05, 4.69) is 0 Å². The molecule has 11 heavy (non-hydrogen) atoms. The van der Waals surface area contributed by atoms with E-state index in [0.717, 1.165) is 6.42 Å². The number of hydrogen-bond acceptors (Lipinski definition) is 3. The van der Waals surface area contributed by atoms with Gasteiger partial charge in [0.15, 0.2) is 0 Å². The Bertz CT molecular complexity index is 223. The van der Waals surface area contributed by atoms with Gasteiger partial charge >= 0.3 is 0 Å². The van der Waals surface area contributed by atoms with E-state index in [1.807, 2.05) is 6.92 Å². The molecule has 1 unspecified atom stereocenters. The van der Waals surface area contributed by atoms with Crippen molar-refractivity contribution >= 4 is 10.0 Å². The normalized spacial score (nSPS) is 27.1. The molecule has 0 aromatic carbocycles. The third-order valence-corrected chi connectivity index (χ3v) is 3.62. The topological polar surface area (TPSA) is 63.4 Å². The largest absolute Gasteiger partial charge is 0.327 e. The average Bonchev–Trinajstić information content (AvgIpc) is 2.10. The van der Waals surface area contributed by atoms with Crippen LogP contribution in [0.15, 0.2) is 0 Å². The van der Waals surface area contributed by atoms with Crippen molar-refractivity contribution in [1.29, 1.82) is 0 Å². The summed E-state index contributed by atoms with van der Waals surface area (Å²) in [6.45, 7) is 2.92. The van der Waals surface area contributed by atoms with Crippen LogP contribution in [0.5, 0.6) is 0 Å². The van der Waals surface area contributed by atoms with Crippen LogP contribution < -0.4 is 5.73 Å². The maximum absolute atomic E-state index is 11.2. The Morgan fingerprint density at radius 3 is 2.64 bits per heavy atom. The summed E-state index contributed by atoms with van der Waals surface area (Å²) >= 11 is 0. The highest BCUT2D eigenvalue weighted by atomic mass is 32.2. The zero-order valence-electron chi connectivity index (χ0n) is 6.66. The second-order valence-electron chi connectivity index (χ2n) is 3.00. The van der Waals surface area contributed by atoms with Gasteiger partial charge < -0.3 is 5.73 Å². The molecule has 0 aliphatic carbocycles. The standard InChI is InChI=1S/C6H14N2O2S/c1-6(7)5-8-3-2-4-11(8,9)10/h6H,2-5,7H2,1H3. The molecular weight excluding hydrogens is 164 g/mol. The molecule has 66 valence electrons. The summed E-state index contributed by atoms with van der Waals surface area (Å²) in [5.74, 6) is 0.291. The van der Waals surface area contributed by atoms with Gasteiger partial charge in [0.25, 0.3) is 0 Å². The van der Waals surface area contributed by atoms with Crippen molar-refractivity contribution < 1.29 is 8.42 Å². The van der Waals surface area contributed by atoms with Crippen LogP contribution in [0.1, 0.15) is 13.3 Å². The van der Waals surface area contributed by atoms with Crippen LogP contribution in [0.25, 0.3) is 0 Å². The Morgan fingerprint density at radius 1 is 1.64 bits per heavy atom. The lowest BCUT2D eigenvalue weighted by molar-refractivity contribution is 0.419. The molecule has 1 saturated heterocycles. The Hall–Kier alpha value is -0.130. The SMILES string of the molecule is CC(N)CN1CCCS1(=O)=O. The second-order valence-corrected chi connectivity index (χ2v) is 5.09. The van der Waals surface area contributed by atoms with Crippen LogP contribution in [-0.2, 0) is 10.0 Å². The summed E-state index contributed by atoms with van der Waals surface area (Å²) < 4.78 is 23.8. The molecule has 1 aliphatic rings. The van der Waals surface area contributed by atoms with Crippen LogP contribution in [0.3, 0.4) is 0 Å². The lowest BCUT2D eigenvalue weighted by atomic mass is 10.3. The first kappa shape index (κ1) is 8.96. The van der Waals surface area contributed by atoms with Gasteiger partial charge in [-0.25, -0.2) is 12.7 Å². The van der Waals surface area contributed by atoms with Crippen molar-refractivity contribution in [3.63, 3.8) is 0 Å². The van der Waals surface area contributed by atoms with Crippen LogP contribution in [0.2, 0.25) is 0 Å². The van der Waals surface area contributed by atoms with Gasteiger partial charge in [0.2, 0.25) is 10.0 Å². The molecule has 1 aliphatic heterocycles. The minimum Gasteiger partial charge on any atom is -0.327 e. The fourth-order valence-corrected chi connectivity index (χ4v) is 2.84. The van der Waals surface area contributed by atoms with Gasteiger partial charge in [0.05, 0.1) is 5.75 Å². The fraction of sp³-hybridized carbons (Fsp3) is 1.00. The number of hydrogen-bond donors (Lipinski definition) is 1. The molecule has 5 heteroatoms. The Labute approximate surface area is 67.4 Å². The van der Waals surface area contributed by atoms with Crippen molar-refractivity contribution in [3.8, 4) is 0 Å². The van der Waals surface area contributed by atoms with E-state index in [1.54, 1.807) is 0 Å². The average molecular weight is 178 g/mol. The Kier molecular flexibility index (Phi) is 2.51. The second kappa shape index (κ2) is 3.08. The molecule has 0 saturated carbocycles. The molecule has 1 rings (SSSR count). The summed E-state index contributed by atoms with van der Waals surface area (Å²) in [4.78, 5) is 0. The van der Waals surface area contributed by atoms with Crippen molar-refractivity contribution in [2.75, 3.05) is 18.8 Å². The van der Waals surface area contributed by atoms with E-state index >= 15 is 0 Å². The van der Waals surface area contributed by atoms with Gasteiger partial charge in [0.1, 0.15) is 0 Å². The molecule has 1 heterocycles. The van der Waals surface area contributed by atoms with Crippen molar-refractivity contribution in [1.82, 2.24) is 4.31 Å². The first-order chi connectivity index (χ1) is 5.02. The highest BCUT2D eigenvalue weighted by Crippen LogP contribution is 2.12. The molecule has 0 amide bonds. The van der Waals surface area contributed by atoms with Gasteiger partial charge in [-0.3, -0.25) is 0 Å². The highest BCUT2D eigenvalue weighted by Gasteiger charge is 2.28. The van der Waals surface area contributed by atoms with Crippen LogP contribution in [0.4, 0.5) is 0 Å². The van der Waals surface area contributed by atoms with E-state index in [4.69, 9.17) is 5.73 Å². The molecular formula is C6H14N2O2S. The summed E-state index contributed by atoms with van der Waals surface area (Å²) in [5.41, 5.74) is 5.49. The predicted molar refractivity (Wildman–Crippen MR) is 43.6 cm³/mol. The summed E-state index contributed by atoms with van der Waals surface area (Å²) in [6.07, 6.45) is 0.745. The fourth-order valence-electron chi connectivity index (χ4n) is 1.22. The summed E-state index contributed by atoms with van der Waals surface area (Å²) in [5, 5.41) is 0. The predicted octanol–water partition coefficient (Wildman–Crippen LogP) is -0.631. The van der Waals surface area contributed by atoms with E-state index < -0.39 is 10.0 Å². The summed E-state index contributed by atoms with van der Waals surface area (Å²) in [7, 11) is -2.93. The zero-order chi connectivity index (χ0) is 8.48. The lowest BCUT2D eigenvalue weighted by Gasteiger charge is -2.15. The Morgan fingerprint density at radius 2 is 2.27 bits per heavy atom. The number of nitrogens with two attached hydrogens (primary N) is 1. The molecule has 1 fully saturated rings. The van der Waals surface area contributed by atoms with Gasteiger partial charge in [-0.05, 0) is 13.3 Å². The Balaban J connectivity index is 2.59. The lowest BCUT2D eigenvalue weighted by Crippen LogP contribution is -2.36. The molecule has 1 atom stereocenters. The van der Waals surface area contributed by atoms with Crippen molar-refractivity contribution in [2.24, 2.45) is 5.73 Å². The zero-order valence-corrected chi connectivity index (χ0v) is 7.47. The monoisotopic (exact) mass is 178 g/mol. The minimum absolute atomic E-state index is 0.0668. The maximum atomic E-state index is 11.2. The molecule has 4 nitrogen and oxygen atoms in total. The molecule has 0 aromatic rings. The van der Waals surface area contributed by atoms with Crippen LogP contribution in [-0.4, -0.2) is 37.6 Å². The molecule has 0 spiro atoms. The molecule has 2 N–H and O–H groups in total. The smallest absolute Gasteiger partial charge is 0.214 e. The first-order valence-electron chi connectivity index (χ1n) is 3.76. The van der Waals surface area contributed by atoms with Crippen LogP contribution in [0, 0.1) is 0 Å². The maximum Gasteiger partial charge on any atom is 0.214 e. The van der Waals surface area contributed by atoms with E-state index in [0.29, 0.717) is 18.8 Å². The van der Waals surface area contributed by atoms with E-state index in [9.17, 15) is 8.42 Å². The third kappa shape index (κ3) is 2.15. The molecule has 0 bridgehead atoms. The number of nitrogens with zero attached hydrogens (tertiary/aromatic N) is 1. The van der Waals surface area contributed by atoms with Crippen molar-refractivity contribution in [2.45, 2.75) is 19.4 Å². The van der Waals surface area contributed by atoms with E-state index in [1.165, 1.54) is 4.31 Å². The number of sulfonamides is 1.